The molecule has 1 rings (SSSR count). The molecule has 0 saturated carbocycles. The van der Waals surface area contributed by atoms with Gasteiger partial charge in [0.05, 0.1) is 12.1 Å². The molecule has 5 heteroatoms. The fraction of sp³-hybridized carbons (Fsp3) is 0.917. The monoisotopic (exact) mass is 245 g/mol. The molecule has 5 nitrogen and oxygen atoms in total. The molecular weight excluding hydrogens is 222 g/mol. The lowest BCUT2D eigenvalue weighted by Gasteiger charge is -2.39. The van der Waals surface area contributed by atoms with Gasteiger partial charge in [0, 0.05) is 13.2 Å². The molecule has 1 heterocycles. The largest absolute Gasteiger partial charge is 0.465 e. The van der Waals surface area contributed by atoms with E-state index in [9.17, 15) is 9.90 Å². The van der Waals surface area contributed by atoms with Gasteiger partial charge in [0.1, 0.15) is 0 Å². The van der Waals surface area contributed by atoms with Gasteiger partial charge in [-0.15, -0.1) is 0 Å². The summed E-state index contributed by atoms with van der Waals surface area (Å²) in [5.74, 6) is 0.111. The van der Waals surface area contributed by atoms with Gasteiger partial charge in [-0.2, -0.15) is 0 Å². The normalized spacial score (nSPS) is 21.9. The van der Waals surface area contributed by atoms with E-state index >= 15 is 0 Å². The SMILES string of the molecule is CC(C)(C)C(NC(=O)O)C(O)C1CCOCC1. The summed E-state index contributed by atoms with van der Waals surface area (Å²) in [6.45, 7) is 7.07. The molecule has 2 unspecified atom stereocenters. The van der Waals surface area contributed by atoms with Crippen molar-refractivity contribution in [2.45, 2.75) is 45.8 Å². The maximum Gasteiger partial charge on any atom is 0.404 e. The van der Waals surface area contributed by atoms with Gasteiger partial charge in [-0.1, -0.05) is 20.8 Å². The Morgan fingerprint density at radius 3 is 2.29 bits per heavy atom. The second-order valence-corrected chi connectivity index (χ2v) is 5.73. The average Bonchev–Trinajstić information content (AvgIpc) is 2.24. The number of nitrogens with one attached hydrogen (secondary N) is 1. The van der Waals surface area contributed by atoms with Gasteiger partial charge in [0.2, 0.25) is 0 Å². The minimum absolute atomic E-state index is 0.111. The number of ether oxygens (including phenoxy) is 1. The van der Waals surface area contributed by atoms with Crippen molar-refractivity contribution in [1.29, 1.82) is 0 Å². The number of carbonyl (C=O) groups is 1. The highest BCUT2D eigenvalue weighted by molar-refractivity contribution is 5.65. The summed E-state index contributed by atoms with van der Waals surface area (Å²) in [5, 5.41) is 21.6. The van der Waals surface area contributed by atoms with Gasteiger partial charge >= 0.3 is 6.09 Å². The maximum absolute atomic E-state index is 10.8. The number of amides is 1. The molecule has 1 amide bonds. The average molecular weight is 245 g/mol. The maximum atomic E-state index is 10.8. The smallest absolute Gasteiger partial charge is 0.404 e. The summed E-state index contributed by atoms with van der Waals surface area (Å²) < 4.78 is 5.25. The van der Waals surface area contributed by atoms with E-state index in [1.54, 1.807) is 0 Å². The van der Waals surface area contributed by atoms with Crippen LogP contribution in [0.15, 0.2) is 0 Å². The lowest BCUT2D eigenvalue weighted by atomic mass is 9.77. The molecule has 0 aromatic rings. The van der Waals surface area contributed by atoms with Crippen molar-refractivity contribution in [2.24, 2.45) is 11.3 Å². The Balaban J connectivity index is 2.70. The lowest BCUT2D eigenvalue weighted by Crippen LogP contribution is -2.54. The van der Waals surface area contributed by atoms with Gasteiger partial charge in [0.25, 0.3) is 0 Å². The number of hydrogen-bond donors (Lipinski definition) is 3. The summed E-state index contributed by atoms with van der Waals surface area (Å²) in [5.41, 5.74) is -0.309. The van der Waals surface area contributed by atoms with Crippen LogP contribution in [0.3, 0.4) is 0 Å². The lowest BCUT2D eigenvalue weighted by molar-refractivity contribution is -0.0259. The Hall–Kier alpha value is -0.810. The predicted molar refractivity (Wildman–Crippen MR) is 64.0 cm³/mol. The van der Waals surface area contributed by atoms with Crippen molar-refractivity contribution in [3.05, 3.63) is 0 Å². The van der Waals surface area contributed by atoms with Crippen molar-refractivity contribution >= 4 is 6.09 Å². The molecule has 3 N–H and O–H groups in total. The van der Waals surface area contributed by atoms with E-state index in [2.05, 4.69) is 5.32 Å². The first-order valence-electron chi connectivity index (χ1n) is 6.07. The van der Waals surface area contributed by atoms with E-state index in [0.717, 1.165) is 12.8 Å². The number of rotatable bonds is 3. The third-order valence-electron chi connectivity index (χ3n) is 3.30. The molecule has 0 aromatic carbocycles. The van der Waals surface area contributed by atoms with Crippen LogP contribution in [0.2, 0.25) is 0 Å². The standard InChI is InChI=1S/C12H23NO4/c1-12(2,3)10(13-11(15)16)9(14)8-4-6-17-7-5-8/h8-10,13-14H,4-7H2,1-3H3,(H,15,16). The van der Waals surface area contributed by atoms with Crippen molar-refractivity contribution in [1.82, 2.24) is 5.32 Å². The van der Waals surface area contributed by atoms with Crippen molar-refractivity contribution in [3.8, 4) is 0 Å². The van der Waals surface area contributed by atoms with E-state index in [1.807, 2.05) is 20.8 Å². The minimum Gasteiger partial charge on any atom is -0.465 e. The fourth-order valence-corrected chi connectivity index (χ4v) is 2.28. The molecule has 1 aliphatic rings. The second kappa shape index (κ2) is 5.69. The summed E-state index contributed by atoms with van der Waals surface area (Å²) in [4.78, 5) is 10.8. The fourth-order valence-electron chi connectivity index (χ4n) is 2.28. The Morgan fingerprint density at radius 1 is 1.35 bits per heavy atom. The molecule has 17 heavy (non-hydrogen) atoms. The molecule has 1 aliphatic heterocycles. The summed E-state index contributed by atoms with van der Waals surface area (Å²) in [6, 6.07) is -0.455. The number of aliphatic hydroxyl groups is 1. The summed E-state index contributed by atoms with van der Waals surface area (Å²) in [7, 11) is 0. The molecule has 1 fully saturated rings. The van der Waals surface area contributed by atoms with Crippen LogP contribution in [0.4, 0.5) is 4.79 Å². The van der Waals surface area contributed by atoms with Crippen LogP contribution in [0, 0.1) is 11.3 Å². The Bertz CT molecular complexity index is 256. The quantitative estimate of drug-likeness (QED) is 0.703. The first-order valence-corrected chi connectivity index (χ1v) is 6.07. The summed E-state index contributed by atoms with van der Waals surface area (Å²) >= 11 is 0. The predicted octanol–water partition coefficient (Wildman–Crippen LogP) is 1.46. The van der Waals surface area contributed by atoms with Crippen LogP contribution < -0.4 is 5.32 Å². The third kappa shape index (κ3) is 4.16. The van der Waals surface area contributed by atoms with Crippen molar-refractivity contribution < 1.29 is 19.7 Å². The van der Waals surface area contributed by atoms with E-state index in [1.165, 1.54) is 0 Å². The molecular formula is C12H23NO4. The van der Waals surface area contributed by atoms with Gasteiger partial charge in [-0.25, -0.2) is 4.79 Å². The van der Waals surface area contributed by atoms with E-state index in [-0.39, 0.29) is 11.3 Å². The third-order valence-corrected chi connectivity index (χ3v) is 3.30. The first-order chi connectivity index (χ1) is 7.82. The second-order valence-electron chi connectivity index (χ2n) is 5.73. The van der Waals surface area contributed by atoms with Gasteiger partial charge < -0.3 is 20.3 Å². The van der Waals surface area contributed by atoms with Crippen LogP contribution >= 0.6 is 0 Å². The van der Waals surface area contributed by atoms with Crippen LogP contribution in [-0.4, -0.2) is 41.7 Å². The first kappa shape index (κ1) is 14.3. The highest BCUT2D eigenvalue weighted by Gasteiger charge is 2.37. The van der Waals surface area contributed by atoms with Crippen molar-refractivity contribution in [3.63, 3.8) is 0 Å². The highest BCUT2D eigenvalue weighted by Crippen LogP contribution is 2.29. The van der Waals surface area contributed by atoms with Gasteiger partial charge in [0.15, 0.2) is 0 Å². The van der Waals surface area contributed by atoms with E-state index in [0.29, 0.717) is 13.2 Å². The molecule has 0 aliphatic carbocycles. The van der Waals surface area contributed by atoms with E-state index < -0.39 is 18.2 Å². The molecule has 100 valence electrons. The molecule has 1 saturated heterocycles. The number of carboxylic acid groups (broad SMARTS) is 1. The Kier molecular flexibility index (Phi) is 4.77. The summed E-state index contributed by atoms with van der Waals surface area (Å²) in [6.07, 6.45) is -0.171. The van der Waals surface area contributed by atoms with Gasteiger partial charge in [-0.3, -0.25) is 0 Å². The molecule has 2 atom stereocenters. The van der Waals surface area contributed by atoms with E-state index in [4.69, 9.17) is 9.84 Å². The molecule has 0 bridgehead atoms. The topological polar surface area (TPSA) is 78.8 Å². The van der Waals surface area contributed by atoms with Gasteiger partial charge in [-0.05, 0) is 24.2 Å². The zero-order chi connectivity index (χ0) is 13.1. The van der Waals surface area contributed by atoms with Crippen LogP contribution in [-0.2, 0) is 4.74 Å². The Labute approximate surface area is 102 Å². The number of aliphatic hydroxyl groups excluding tert-OH is 1. The zero-order valence-corrected chi connectivity index (χ0v) is 10.8. The molecule has 0 radical (unpaired) electrons. The Morgan fingerprint density at radius 2 is 1.88 bits per heavy atom. The van der Waals surface area contributed by atoms with Crippen molar-refractivity contribution in [2.75, 3.05) is 13.2 Å². The minimum atomic E-state index is -1.09. The van der Waals surface area contributed by atoms with Crippen LogP contribution in [0.5, 0.6) is 0 Å². The molecule has 0 spiro atoms. The molecule has 0 aromatic heterocycles. The highest BCUT2D eigenvalue weighted by atomic mass is 16.5. The van der Waals surface area contributed by atoms with Crippen LogP contribution in [0.25, 0.3) is 0 Å². The van der Waals surface area contributed by atoms with Crippen LogP contribution in [0.1, 0.15) is 33.6 Å². The zero-order valence-electron chi connectivity index (χ0n) is 10.8. The number of hydrogen-bond acceptors (Lipinski definition) is 3.